The largest absolute Gasteiger partial charge is 0.463 e. The summed E-state index contributed by atoms with van der Waals surface area (Å²) in [6.07, 6.45) is 5.11. The first-order valence-electron chi connectivity index (χ1n) is 6.67. The van der Waals surface area contributed by atoms with Crippen molar-refractivity contribution >= 4 is 28.0 Å². The van der Waals surface area contributed by atoms with Crippen LogP contribution in [-0.2, 0) is 31.5 Å². The van der Waals surface area contributed by atoms with Crippen molar-refractivity contribution in [1.82, 2.24) is 0 Å². The molecule has 0 aromatic heterocycles. The second-order valence-corrected chi connectivity index (χ2v) is 7.23. The minimum absolute atomic E-state index is 0.0314. The molecule has 0 aliphatic heterocycles. The summed E-state index contributed by atoms with van der Waals surface area (Å²) in [6, 6.07) is 3.71. The molecule has 0 N–H and O–H groups in total. The Morgan fingerprint density at radius 2 is 2.14 bits per heavy atom. The molecule has 0 saturated heterocycles. The molecule has 0 amide bonds. The minimum atomic E-state index is -3.12. The number of hydrogen-bond acceptors (Lipinski definition) is 4. The molecule has 1 aliphatic carbocycles. The molecule has 0 saturated carbocycles. The molecule has 0 unspecified atom stereocenters. The van der Waals surface area contributed by atoms with Crippen molar-refractivity contribution in [2.45, 2.75) is 19.1 Å². The lowest BCUT2D eigenvalue weighted by atomic mass is 10.0. The van der Waals surface area contributed by atoms with Crippen molar-refractivity contribution < 1.29 is 17.9 Å². The molecule has 0 bridgehead atoms. The van der Waals surface area contributed by atoms with Crippen molar-refractivity contribution in [1.29, 1.82) is 0 Å². The van der Waals surface area contributed by atoms with E-state index in [2.05, 4.69) is 6.58 Å². The standard InChI is InChI=1S/C16H18O4S/c1-4-11-6-12-7-14(16(17)20-5-2)8-13(12)9-15(11)10-21(3,18)19/h4,6-7,9H,1,5,8,10H2,2-3H3. The van der Waals surface area contributed by atoms with Gasteiger partial charge in [-0.2, -0.15) is 0 Å². The van der Waals surface area contributed by atoms with E-state index < -0.39 is 9.84 Å². The average Bonchev–Trinajstić information content (AvgIpc) is 2.79. The van der Waals surface area contributed by atoms with Crippen LogP contribution >= 0.6 is 0 Å². The highest BCUT2D eigenvalue weighted by Gasteiger charge is 2.21. The van der Waals surface area contributed by atoms with Gasteiger partial charge in [0.2, 0.25) is 0 Å². The van der Waals surface area contributed by atoms with E-state index >= 15 is 0 Å². The van der Waals surface area contributed by atoms with E-state index in [1.165, 1.54) is 6.26 Å². The summed E-state index contributed by atoms with van der Waals surface area (Å²) in [5.41, 5.74) is 3.95. The van der Waals surface area contributed by atoms with Crippen molar-refractivity contribution in [2.24, 2.45) is 0 Å². The van der Waals surface area contributed by atoms with Crippen LogP contribution in [0.1, 0.15) is 29.2 Å². The van der Waals surface area contributed by atoms with Gasteiger partial charge in [0.15, 0.2) is 9.84 Å². The van der Waals surface area contributed by atoms with Gasteiger partial charge in [0, 0.05) is 18.2 Å². The Kier molecular flexibility index (Phi) is 4.32. The average molecular weight is 306 g/mol. The Balaban J connectivity index is 2.36. The van der Waals surface area contributed by atoms with Crippen molar-refractivity contribution in [2.75, 3.05) is 12.9 Å². The number of sulfone groups is 1. The number of fused-ring (bicyclic) bond motifs is 1. The fraction of sp³-hybridized carbons (Fsp3) is 0.312. The van der Waals surface area contributed by atoms with Gasteiger partial charge in [-0.25, -0.2) is 13.2 Å². The fourth-order valence-corrected chi connectivity index (χ4v) is 3.23. The summed E-state index contributed by atoms with van der Waals surface area (Å²) < 4.78 is 28.0. The first-order valence-corrected chi connectivity index (χ1v) is 8.73. The Morgan fingerprint density at radius 3 is 2.71 bits per heavy atom. The molecule has 2 rings (SSSR count). The number of rotatable bonds is 5. The molecule has 21 heavy (non-hydrogen) atoms. The molecule has 0 radical (unpaired) electrons. The molecule has 1 aromatic carbocycles. The number of carbonyl (C=O) groups is 1. The van der Waals surface area contributed by atoms with Gasteiger partial charge in [0.25, 0.3) is 0 Å². The van der Waals surface area contributed by atoms with E-state index in [4.69, 9.17) is 4.74 Å². The lowest BCUT2D eigenvalue weighted by Crippen LogP contribution is -2.07. The molecule has 112 valence electrons. The molecular formula is C16H18O4S. The van der Waals surface area contributed by atoms with Crippen molar-refractivity contribution in [3.63, 3.8) is 0 Å². The van der Waals surface area contributed by atoms with Crippen LogP contribution in [0.25, 0.3) is 12.2 Å². The molecule has 0 fully saturated rings. The molecule has 0 heterocycles. The van der Waals surface area contributed by atoms with E-state index in [0.29, 0.717) is 24.2 Å². The molecule has 1 aliphatic rings. The summed E-state index contributed by atoms with van der Waals surface area (Å²) in [4.78, 5) is 11.8. The van der Waals surface area contributed by atoms with Gasteiger partial charge in [-0.1, -0.05) is 18.7 Å². The monoisotopic (exact) mass is 306 g/mol. The Labute approximate surface area is 125 Å². The first kappa shape index (κ1) is 15.5. The summed E-state index contributed by atoms with van der Waals surface area (Å²) >= 11 is 0. The first-order chi connectivity index (χ1) is 9.84. The zero-order valence-electron chi connectivity index (χ0n) is 12.2. The lowest BCUT2D eigenvalue weighted by molar-refractivity contribution is -0.138. The normalized spacial score (nSPS) is 13.5. The summed E-state index contributed by atoms with van der Waals surface area (Å²) in [5, 5.41) is 0. The van der Waals surface area contributed by atoms with Gasteiger partial charge in [-0.05, 0) is 41.3 Å². The quantitative estimate of drug-likeness (QED) is 0.784. The third-order valence-electron chi connectivity index (χ3n) is 3.29. The molecule has 1 aromatic rings. The van der Waals surface area contributed by atoms with Gasteiger partial charge >= 0.3 is 5.97 Å². The predicted molar refractivity (Wildman–Crippen MR) is 83.4 cm³/mol. The maximum atomic E-state index is 11.8. The molecule has 0 spiro atoms. The summed E-state index contributed by atoms with van der Waals surface area (Å²) in [7, 11) is -3.12. The van der Waals surface area contributed by atoms with Gasteiger partial charge in [-0.15, -0.1) is 0 Å². The minimum Gasteiger partial charge on any atom is -0.463 e. The SMILES string of the molecule is C=Cc1cc2c(cc1CS(C)(=O)=O)CC(C(=O)OCC)=C2. The molecule has 5 heteroatoms. The van der Waals surface area contributed by atoms with Gasteiger partial charge in [0.1, 0.15) is 0 Å². The Bertz CT molecular complexity index is 727. The molecule has 4 nitrogen and oxygen atoms in total. The van der Waals surface area contributed by atoms with E-state index in [0.717, 1.165) is 16.7 Å². The number of benzene rings is 1. The number of hydrogen-bond donors (Lipinski definition) is 0. The maximum absolute atomic E-state index is 11.8. The molecule has 0 atom stereocenters. The third kappa shape index (κ3) is 3.61. The van der Waals surface area contributed by atoms with Crippen LogP contribution in [0.2, 0.25) is 0 Å². The van der Waals surface area contributed by atoms with Crippen LogP contribution in [0.4, 0.5) is 0 Å². The smallest absolute Gasteiger partial charge is 0.334 e. The highest BCUT2D eigenvalue weighted by Crippen LogP contribution is 2.30. The molecular weight excluding hydrogens is 288 g/mol. The number of ether oxygens (including phenoxy) is 1. The van der Waals surface area contributed by atoms with Crippen molar-refractivity contribution in [3.05, 3.63) is 46.5 Å². The Hall–Kier alpha value is -1.88. The predicted octanol–water partition coefficient (Wildman–Crippen LogP) is 2.38. The van der Waals surface area contributed by atoms with Gasteiger partial charge in [0.05, 0.1) is 12.4 Å². The zero-order valence-corrected chi connectivity index (χ0v) is 13.0. The summed E-state index contributed by atoms with van der Waals surface area (Å²) in [5.74, 6) is -0.352. The van der Waals surface area contributed by atoms with Crippen LogP contribution in [-0.4, -0.2) is 27.2 Å². The second-order valence-electron chi connectivity index (χ2n) is 5.09. The lowest BCUT2D eigenvalue weighted by Gasteiger charge is -2.09. The van der Waals surface area contributed by atoms with Gasteiger partial charge < -0.3 is 4.74 Å². The summed E-state index contributed by atoms with van der Waals surface area (Å²) in [6.45, 7) is 5.83. The van der Waals surface area contributed by atoms with Crippen LogP contribution in [0.3, 0.4) is 0 Å². The fourth-order valence-electron chi connectivity index (χ4n) is 2.41. The highest BCUT2D eigenvalue weighted by atomic mass is 32.2. The van der Waals surface area contributed by atoms with Crippen molar-refractivity contribution in [3.8, 4) is 0 Å². The van der Waals surface area contributed by atoms with Crippen LogP contribution in [0.15, 0.2) is 24.3 Å². The van der Waals surface area contributed by atoms with Gasteiger partial charge in [-0.3, -0.25) is 0 Å². The van der Waals surface area contributed by atoms with E-state index in [9.17, 15) is 13.2 Å². The Morgan fingerprint density at radius 1 is 1.43 bits per heavy atom. The highest BCUT2D eigenvalue weighted by molar-refractivity contribution is 7.89. The zero-order chi connectivity index (χ0) is 15.6. The van der Waals surface area contributed by atoms with Crippen LogP contribution in [0.5, 0.6) is 0 Å². The van der Waals surface area contributed by atoms with E-state index in [1.54, 1.807) is 19.1 Å². The van der Waals surface area contributed by atoms with E-state index in [-0.39, 0.29) is 11.7 Å². The van der Waals surface area contributed by atoms with E-state index in [1.807, 2.05) is 12.1 Å². The number of carbonyl (C=O) groups excluding carboxylic acids is 1. The third-order valence-corrected chi connectivity index (χ3v) is 4.12. The maximum Gasteiger partial charge on any atom is 0.334 e. The second kappa shape index (κ2) is 5.85. The van der Waals surface area contributed by atoms with Crippen LogP contribution < -0.4 is 0 Å². The number of esters is 1. The topological polar surface area (TPSA) is 60.4 Å². The van der Waals surface area contributed by atoms with Crippen LogP contribution in [0, 0.1) is 0 Å².